The maximum atomic E-state index is 13.0. The van der Waals surface area contributed by atoms with Crippen molar-refractivity contribution in [2.75, 3.05) is 37.5 Å². The van der Waals surface area contributed by atoms with E-state index in [0.29, 0.717) is 44.8 Å². The lowest BCUT2D eigenvalue weighted by Gasteiger charge is -2.35. The van der Waals surface area contributed by atoms with Gasteiger partial charge >= 0.3 is 18.0 Å². The zero-order valence-electron chi connectivity index (χ0n) is 20.2. The topological polar surface area (TPSA) is 109 Å². The van der Waals surface area contributed by atoms with Gasteiger partial charge in [0.05, 0.1) is 28.3 Å². The van der Waals surface area contributed by atoms with Crippen LogP contribution < -0.4 is 16.0 Å². The van der Waals surface area contributed by atoms with Crippen LogP contribution in [0.2, 0.25) is 10.0 Å². The molecule has 4 amide bonds. The summed E-state index contributed by atoms with van der Waals surface area (Å²) in [5, 5.41) is 9.01. The second kappa shape index (κ2) is 12.6. The van der Waals surface area contributed by atoms with Crippen LogP contribution in [-0.4, -0.2) is 49.8 Å². The smallest absolute Gasteiger partial charge is 0.338 e. The van der Waals surface area contributed by atoms with Gasteiger partial charge in [-0.25, -0.2) is 14.4 Å². The summed E-state index contributed by atoms with van der Waals surface area (Å²) in [6, 6.07) is 10.1. The van der Waals surface area contributed by atoms with Crippen LogP contribution in [0.15, 0.2) is 53.7 Å². The highest BCUT2D eigenvalue weighted by atomic mass is 35.5. The average molecular weight is 535 g/mol. The molecule has 0 radical (unpaired) electrons. The van der Waals surface area contributed by atoms with E-state index in [1.807, 2.05) is 6.92 Å². The number of esters is 1. The number of benzene rings is 2. The number of hydrogen-bond acceptors (Lipinski definition) is 5. The Bertz CT molecular complexity index is 1150. The molecule has 192 valence electrons. The van der Waals surface area contributed by atoms with Crippen LogP contribution in [0.1, 0.15) is 31.9 Å². The van der Waals surface area contributed by atoms with Crippen LogP contribution in [0.5, 0.6) is 0 Å². The molecule has 9 nitrogen and oxygen atoms in total. The van der Waals surface area contributed by atoms with Crippen molar-refractivity contribution in [3.63, 3.8) is 0 Å². The minimum Gasteiger partial charge on any atom is -0.460 e. The van der Waals surface area contributed by atoms with Gasteiger partial charge in [-0.1, -0.05) is 42.3 Å². The van der Waals surface area contributed by atoms with Gasteiger partial charge in [0.25, 0.3) is 0 Å². The Kier molecular flexibility index (Phi) is 9.58. The van der Waals surface area contributed by atoms with Crippen molar-refractivity contribution < 1.29 is 23.9 Å². The number of amides is 4. The minimum atomic E-state index is -0.709. The first-order chi connectivity index (χ1) is 17.2. The summed E-state index contributed by atoms with van der Waals surface area (Å²) < 4.78 is 10.3. The van der Waals surface area contributed by atoms with Crippen molar-refractivity contribution in [2.24, 2.45) is 0 Å². The maximum absolute atomic E-state index is 13.0. The highest BCUT2D eigenvalue weighted by molar-refractivity contribution is 6.42. The molecule has 3 rings (SSSR count). The van der Waals surface area contributed by atoms with Crippen LogP contribution in [0.3, 0.4) is 0 Å². The van der Waals surface area contributed by atoms with E-state index in [9.17, 15) is 14.4 Å². The molecule has 0 saturated heterocycles. The Morgan fingerprint density at radius 1 is 1.03 bits per heavy atom. The fourth-order valence-corrected chi connectivity index (χ4v) is 4.01. The Hall–Kier alpha value is -3.27. The molecule has 1 aliphatic heterocycles. The minimum absolute atomic E-state index is 0.0946. The summed E-state index contributed by atoms with van der Waals surface area (Å²) in [5.74, 6) is -0.529. The van der Waals surface area contributed by atoms with Gasteiger partial charge in [-0.05, 0) is 49.2 Å². The molecule has 0 aromatic heterocycles. The van der Waals surface area contributed by atoms with E-state index in [4.69, 9.17) is 32.7 Å². The summed E-state index contributed by atoms with van der Waals surface area (Å²) in [4.78, 5) is 39.6. The van der Waals surface area contributed by atoms with Gasteiger partial charge in [0.15, 0.2) is 0 Å². The number of urea groups is 2. The quantitative estimate of drug-likeness (QED) is 0.287. The first kappa shape index (κ1) is 27.3. The van der Waals surface area contributed by atoms with Gasteiger partial charge in [0.1, 0.15) is 6.61 Å². The molecular weight excluding hydrogens is 507 g/mol. The first-order valence-electron chi connectivity index (χ1n) is 11.3. The highest BCUT2D eigenvalue weighted by Crippen LogP contribution is 2.32. The summed E-state index contributed by atoms with van der Waals surface area (Å²) >= 11 is 11.9. The molecule has 0 aliphatic carbocycles. The molecule has 1 aliphatic rings. The number of rotatable bonds is 9. The molecule has 11 heteroatoms. The predicted octanol–water partition coefficient (Wildman–Crippen LogP) is 5.58. The Morgan fingerprint density at radius 2 is 1.69 bits per heavy atom. The number of carbonyl (C=O) groups excluding carboxylic acids is 3. The number of carbonyl (C=O) groups is 3. The summed E-state index contributed by atoms with van der Waals surface area (Å²) in [7, 11) is 1.52. The zero-order valence-corrected chi connectivity index (χ0v) is 21.7. The second-order valence-electron chi connectivity index (χ2n) is 7.99. The SMILES string of the molecule is CCCN1C(=O)NC(c2ccc(NC(=O)Nc3ccc(Cl)c(Cl)c3)cc2)C(C(=O)OCCOC)=C1C. The molecule has 1 unspecified atom stereocenters. The van der Waals surface area contributed by atoms with Crippen molar-refractivity contribution in [3.8, 4) is 0 Å². The third-order valence-corrected chi connectivity index (χ3v) is 6.20. The number of hydrogen-bond donors (Lipinski definition) is 3. The second-order valence-corrected chi connectivity index (χ2v) is 8.81. The van der Waals surface area contributed by atoms with Crippen LogP contribution in [0.4, 0.5) is 21.0 Å². The number of anilines is 2. The largest absolute Gasteiger partial charge is 0.460 e. The number of nitrogens with zero attached hydrogens (tertiary/aromatic N) is 1. The molecule has 1 heterocycles. The van der Waals surface area contributed by atoms with E-state index in [1.165, 1.54) is 12.0 Å². The number of methoxy groups -OCH3 is 1. The molecule has 0 fully saturated rings. The lowest BCUT2D eigenvalue weighted by molar-refractivity contribution is -0.140. The van der Waals surface area contributed by atoms with Crippen LogP contribution in [0.25, 0.3) is 0 Å². The number of ether oxygens (including phenoxy) is 2. The zero-order chi connectivity index (χ0) is 26.2. The Balaban J connectivity index is 1.78. The van der Waals surface area contributed by atoms with Gasteiger partial charge < -0.3 is 25.4 Å². The third-order valence-electron chi connectivity index (χ3n) is 5.46. The maximum Gasteiger partial charge on any atom is 0.338 e. The molecule has 2 aromatic rings. The number of halogens is 2. The van der Waals surface area contributed by atoms with Crippen molar-refractivity contribution in [2.45, 2.75) is 26.3 Å². The third kappa shape index (κ3) is 6.69. The fraction of sp³-hybridized carbons (Fsp3) is 0.320. The van der Waals surface area contributed by atoms with E-state index in [2.05, 4.69) is 16.0 Å². The lowest BCUT2D eigenvalue weighted by atomic mass is 9.94. The molecule has 0 saturated carbocycles. The molecule has 36 heavy (non-hydrogen) atoms. The van der Waals surface area contributed by atoms with Gasteiger partial charge in [-0.3, -0.25) is 4.90 Å². The van der Waals surface area contributed by atoms with E-state index >= 15 is 0 Å². The van der Waals surface area contributed by atoms with Gasteiger partial charge in [0.2, 0.25) is 0 Å². The monoisotopic (exact) mass is 534 g/mol. The van der Waals surface area contributed by atoms with Crippen molar-refractivity contribution in [1.29, 1.82) is 0 Å². The number of allylic oxidation sites excluding steroid dienone is 1. The van der Waals surface area contributed by atoms with Crippen LogP contribution >= 0.6 is 23.2 Å². The van der Waals surface area contributed by atoms with E-state index in [1.54, 1.807) is 49.4 Å². The normalized spacial score (nSPS) is 15.4. The van der Waals surface area contributed by atoms with E-state index in [-0.39, 0.29) is 19.2 Å². The summed E-state index contributed by atoms with van der Waals surface area (Å²) in [6.45, 7) is 4.51. The average Bonchev–Trinajstić information content (AvgIpc) is 2.84. The van der Waals surface area contributed by atoms with E-state index in [0.717, 1.165) is 6.42 Å². The molecule has 0 spiro atoms. The first-order valence-corrected chi connectivity index (χ1v) is 12.1. The van der Waals surface area contributed by atoms with Crippen molar-refractivity contribution in [1.82, 2.24) is 10.2 Å². The van der Waals surface area contributed by atoms with Gasteiger partial charge in [-0.15, -0.1) is 0 Å². The molecule has 0 bridgehead atoms. The molecule has 1 atom stereocenters. The fourth-order valence-electron chi connectivity index (χ4n) is 3.71. The lowest BCUT2D eigenvalue weighted by Crippen LogP contribution is -2.48. The molecule has 2 aromatic carbocycles. The van der Waals surface area contributed by atoms with Crippen molar-refractivity contribution in [3.05, 3.63) is 69.3 Å². The Labute approximate surface area is 219 Å². The highest BCUT2D eigenvalue weighted by Gasteiger charge is 2.36. The van der Waals surface area contributed by atoms with Crippen LogP contribution in [-0.2, 0) is 14.3 Å². The Morgan fingerprint density at radius 3 is 2.33 bits per heavy atom. The molecule has 3 N–H and O–H groups in total. The standard InChI is InChI=1S/C25H28Cl2N4O5/c1-4-11-31-15(2)21(23(32)36-13-12-35-3)22(30-25(31)34)16-5-7-17(8-6-16)28-24(33)29-18-9-10-19(26)20(27)14-18/h5-10,14,22H,4,11-13H2,1-3H3,(H,30,34)(H2,28,29,33). The van der Waals surface area contributed by atoms with Gasteiger partial charge in [0, 0.05) is 30.7 Å². The van der Waals surface area contributed by atoms with Gasteiger partial charge in [-0.2, -0.15) is 0 Å². The number of nitrogens with one attached hydrogen (secondary N) is 3. The molecular formula is C25H28Cl2N4O5. The van der Waals surface area contributed by atoms with Crippen molar-refractivity contribution >= 4 is 52.6 Å². The van der Waals surface area contributed by atoms with Crippen LogP contribution in [0, 0.1) is 0 Å². The summed E-state index contributed by atoms with van der Waals surface area (Å²) in [5.41, 5.74) is 2.54. The van der Waals surface area contributed by atoms with E-state index < -0.39 is 18.0 Å². The predicted molar refractivity (Wildman–Crippen MR) is 139 cm³/mol. The summed E-state index contributed by atoms with van der Waals surface area (Å²) in [6.07, 6.45) is 0.728.